The van der Waals surface area contributed by atoms with Gasteiger partial charge < -0.3 is 20.7 Å². The van der Waals surface area contributed by atoms with Gasteiger partial charge in [0.05, 0.1) is 3.57 Å². The molecule has 2 aromatic carbocycles. The van der Waals surface area contributed by atoms with Crippen molar-refractivity contribution in [3.05, 3.63) is 46.6 Å². The van der Waals surface area contributed by atoms with Crippen LogP contribution in [0.3, 0.4) is 0 Å². The number of carboxylic acid groups (broad SMARTS) is 1. The monoisotopic (exact) mass is 673 g/mol. The van der Waals surface area contributed by atoms with Crippen molar-refractivity contribution in [2.45, 2.75) is 12.5 Å². The first kappa shape index (κ1) is 22.7. The predicted octanol–water partition coefficient (Wildman–Crippen LogP) is 0.325. The van der Waals surface area contributed by atoms with Crippen LogP contribution >= 0.6 is 67.8 Å². The summed E-state index contributed by atoms with van der Waals surface area (Å²) in [4.78, 5) is 10.8. The zero-order valence-corrected chi connectivity index (χ0v) is 21.0. The number of hydrogen-bond donors (Lipinski definition) is 2. The Morgan fingerprint density at radius 1 is 1.17 bits per heavy atom. The summed E-state index contributed by atoms with van der Waals surface area (Å²) in [7, 11) is 0. The van der Waals surface area contributed by atoms with Gasteiger partial charge in [0.25, 0.3) is 0 Å². The van der Waals surface area contributed by atoms with Crippen molar-refractivity contribution in [1.82, 2.24) is 0 Å². The Labute approximate surface area is 202 Å². The van der Waals surface area contributed by atoms with E-state index in [1.165, 1.54) is 6.07 Å². The number of carbonyl (C=O) groups is 1. The molecule has 2 aromatic rings. The van der Waals surface area contributed by atoms with Crippen LogP contribution in [0.25, 0.3) is 0 Å². The van der Waals surface area contributed by atoms with E-state index in [0.29, 0.717) is 15.1 Å². The van der Waals surface area contributed by atoms with Gasteiger partial charge in [-0.15, -0.1) is 0 Å². The summed E-state index contributed by atoms with van der Waals surface area (Å²) in [5.74, 6) is 0.174. The average Bonchev–Trinajstić information content (AvgIpc) is 2.47. The van der Waals surface area contributed by atoms with Crippen LogP contribution in [0.5, 0.6) is 17.2 Å². The van der Waals surface area contributed by atoms with E-state index in [1.54, 1.807) is 18.2 Å². The van der Waals surface area contributed by atoms with Crippen LogP contribution in [-0.4, -0.2) is 17.1 Å². The molecule has 0 aliphatic carbocycles. The molecule has 0 bridgehead atoms. The molecular formula is C15H11I3NNaO4. The maximum absolute atomic E-state index is 11.6. The second-order valence-electron chi connectivity index (χ2n) is 4.72. The summed E-state index contributed by atoms with van der Waals surface area (Å²) in [5.41, 5.74) is 6.42. The van der Waals surface area contributed by atoms with Gasteiger partial charge in [-0.3, -0.25) is 4.79 Å². The van der Waals surface area contributed by atoms with E-state index in [1.807, 2.05) is 28.7 Å². The van der Waals surface area contributed by atoms with Crippen LogP contribution in [0.4, 0.5) is 0 Å². The SMILES string of the molecule is N[C@H](Cc1ccc(Oc2cc(I)c([O-])cc2I)cc1I)C(=O)O.[Na+]. The first-order valence-electron chi connectivity index (χ1n) is 6.38. The van der Waals surface area contributed by atoms with Crippen LogP contribution < -0.4 is 45.1 Å². The van der Waals surface area contributed by atoms with Crippen molar-refractivity contribution < 1.29 is 49.3 Å². The molecule has 0 saturated heterocycles. The minimum absolute atomic E-state index is 0. The largest absolute Gasteiger partial charge is 1.00 e. The van der Waals surface area contributed by atoms with Crippen LogP contribution in [0.2, 0.25) is 0 Å². The molecule has 0 saturated carbocycles. The number of benzene rings is 2. The third-order valence-electron chi connectivity index (χ3n) is 3.00. The van der Waals surface area contributed by atoms with Crippen molar-refractivity contribution in [2.75, 3.05) is 0 Å². The molecule has 5 nitrogen and oxygen atoms in total. The Kier molecular flexibility index (Phi) is 9.57. The number of aliphatic carboxylic acids is 1. The first-order valence-corrected chi connectivity index (χ1v) is 9.62. The molecular weight excluding hydrogens is 662 g/mol. The number of rotatable bonds is 5. The van der Waals surface area contributed by atoms with Gasteiger partial charge >= 0.3 is 35.5 Å². The van der Waals surface area contributed by atoms with E-state index in [4.69, 9.17) is 15.6 Å². The van der Waals surface area contributed by atoms with Crippen molar-refractivity contribution in [3.63, 3.8) is 0 Å². The number of carboxylic acids is 1. The van der Waals surface area contributed by atoms with Crippen molar-refractivity contribution in [1.29, 1.82) is 0 Å². The van der Waals surface area contributed by atoms with E-state index >= 15 is 0 Å². The molecule has 9 heteroatoms. The third-order valence-corrected chi connectivity index (χ3v) is 5.69. The first-order chi connectivity index (χ1) is 10.8. The second-order valence-corrected chi connectivity index (χ2v) is 8.20. The van der Waals surface area contributed by atoms with Gasteiger partial charge in [0.15, 0.2) is 0 Å². The molecule has 0 radical (unpaired) electrons. The second kappa shape index (κ2) is 10.1. The minimum atomic E-state index is -1.03. The Bertz CT molecular complexity index is 758. The van der Waals surface area contributed by atoms with E-state index in [0.717, 1.165) is 12.7 Å². The molecule has 0 heterocycles. The van der Waals surface area contributed by atoms with Crippen LogP contribution in [0, 0.1) is 10.7 Å². The van der Waals surface area contributed by atoms with Crippen molar-refractivity contribution >= 4 is 73.7 Å². The topological polar surface area (TPSA) is 95.6 Å². The minimum Gasteiger partial charge on any atom is -0.872 e. The third kappa shape index (κ3) is 6.13. The van der Waals surface area contributed by atoms with Gasteiger partial charge in [0.1, 0.15) is 17.5 Å². The molecule has 0 fully saturated rings. The Morgan fingerprint density at radius 3 is 2.42 bits per heavy atom. The zero-order valence-electron chi connectivity index (χ0n) is 12.6. The van der Waals surface area contributed by atoms with Crippen LogP contribution in [0.15, 0.2) is 30.3 Å². The van der Waals surface area contributed by atoms with Gasteiger partial charge in [-0.05, 0) is 98.0 Å². The predicted molar refractivity (Wildman–Crippen MR) is 110 cm³/mol. The molecule has 122 valence electrons. The van der Waals surface area contributed by atoms with Gasteiger partial charge in [-0.1, -0.05) is 17.9 Å². The average molecular weight is 673 g/mol. The summed E-state index contributed by atoms with van der Waals surface area (Å²) in [6.45, 7) is 0. The Morgan fingerprint density at radius 2 is 1.83 bits per heavy atom. The van der Waals surface area contributed by atoms with E-state index in [9.17, 15) is 9.90 Å². The molecule has 3 N–H and O–H groups in total. The number of halogens is 3. The number of hydrogen-bond acceptors (Lipinski definition) is 4. The fourth-order valence-corrected chi connectivity index (χ4v) is 3.49. The maximum Gasteiger partial charge on any atom is 1.00 e. The van der Waals surface area contributed by atoms with Crippen molar-refractivity contribution in [3.8, 4) is 17.2 Å². The smallest absolute Gasteiger partial charge is 0.872 e. The fraction of sp³-hybridized carbons (Fsp3) is 0.133. The van der Waals surface area contributed by atoms with Gasteiger partial charge in [0.2, 0.25) is 0 Å². The molecule has 0 amide bonds. The van der Waals surface area contributed by atoms with Gasteiger partial charge in [-0.2, -0.15) is 0 Å². The Balaban J connectivity index is 0.00000288. The fourth-order valence-electron chi connectivity index (χ4n) is 1.80. The zero-order chi connectivity index (χ0) is 17.1. The van der Waals surface area contributed by atoms with E-state index < -0.39 is 12.0 Å². The molecule has 0 spiro atoms. The summed E-state index contributed by atoms with van der Waals surface area (Å²) >= 11 is 6.15. The Hall–Kier alpha value is 0.660. The molecule has 1 atom stereocenters. The number of ether oxygens (including phenoxy) is 1. The molecule has 0 unspecified atom stereocenters. The summed E-state index contributed by atoms with van der Waals surface area (Å²) in [5, 5.41) is 20.5. The standard InChI is InChI=1S/C15H12I3NO4.Na/c16-9-4-8(2-1-7(9)3-12(19)15(21)22)23-14-6-10(17)13(20)5-11(14)18;/h1-2,4-6,12,20H,3,19H2,(H,21,22);/q;+1/p-1/t12-;/m1./s1. The molecule has 0 aliphatic rings. The summed E-state index contributed by atoms with van der Waals surface area (Å²) in [6.07, 6.45) is 0.258. The van der Waals surface area contributed by atoms with Gasteiger partial charge in [0, 0.05) is 7.14 Å². The van der Waals surface area contributed by atoms with Crippen LogP contribution in [0.1, 0.15) is 5.56 Å². The van der Waals surface area contributed by atoms with Gasteiger partial charge in [-0.25, -0.2) is 0 Å². The van der Waals surface area contributed by atoms with Crippen LogP contribution in [-0.2, 0) is 11.2 Å². The molecule has 2 rings (SSSR count). The van der Waals surface area contributed by atoms with E-state index in [-0.39, 0.29) is 41.7 Å². The molecule has 0 aromatic heterocycles. The quantitative estimate of drug-likeness (QED) is 0.353. The number of nitrogens with two attached hydrogens (primary N) is 1. The molecule has 24 heavy (non-hydrogen) atoms. The van der Waals surface area contributed by atoms with E-state index in [2.05, 4.69) is 45.2 Å². The molecule has 0 aliphatic heterocycles. The normalized spacial score (nSPS) is 11.5. The maximum atomic E-state index is 11.6. The van der Waals surface area contributed by atoms with Crippen molar-refractivity contribution in [2.24, 2.45) is 5.73 Å². The summed E-state index contributed by atoms with van der Waals surface area (Å²) < 4.78 is 8.04. The summed E-state index contributed by atoms with van der Waals surface area (Å²) in [6, 6.07) is 7.69.